The Morgan fingerprint density at radius 2 is 2.16 bits per heavy atom. The zero-order chi connectivity index (χ0) is 14.8. The summed E-state index contributed by atoms with van der Waals surface area (Å²) in [7, 11) is -3.70. The minimum Gasteiger partial charge on any atom is -0.477 e. The van der Waals surface area contributed by atoms with Gasteiger partial charge >= 0.3 is 5.97 Å². The molecule has 19 heavy (non-hydrogen) atoms. The number of aryl methyl sites for hydroxylation is 1. The van der Waals surface area contributed by atoms with Crippen molar-refractivity contribution in [2.45, 2.75) is 31.7 Å². The molecule has 0 saturated heterocycles. The first-order chi connectivity index (χ1) is 8.71. The molecule has 106 valence electrons. The Labute approximate surface area is 117 Å². The van der Waals surface area contributed by atoms with Gasteiger partial charge in [-0.25, -0.2) is 13.2 Å². The zero-order valence-corrected chi connectivity index (χ0v) is 12.7. The number of carboxylic acids is 1. The number of hydrogen-bond donors (Lipinski definition) is 1. The van der Waals surface area contributed by atoms with E-state index in [1.165, 1.54) is 16.4 Å². The largest absolute Gasteiger partial charge is 0.477 e. The van der Waals surface area contributed by atoms with E-state index >= 15 is 0 Å². The van der Waals surface area contributed by atoms with Crippen LogP contribution >= 0.6 is 11.3 Å². The minimum absolute atomic E-state index is 0.0263. The number of hydrogen-bond acceptors (Lipinski definition) is 4. The number of nitrogens with zero attached hydrogens (tertiary/aromatic N) is 1. The van der Waals surface area contributed by atoms with Crippen LogP contribution in [-0.2, 0) is 10.0 Å². The zero-order valence-electron chi connectivity index (χ0n) is 11.1. The number of rotatable bonds is 6. The van der Waals surface area contributed by atoms with Gasteiger partial charge in [-0.15, -0.1) is 17.9 Å². The molecule has 0 saturated carbocycles. The maximum atomic E-state index is 12.5. The molecule has 0 aliphatic carbocycles. The van der Waals surface area contributed by atoms with Crippen LogP contribution < -0.4 is 0 Å². The van der Waals surface area contributed by atoms with E-state index in [4.69, 9.17) is 5.11 Å². The van der Waals surface area contributed by atoms with E-state index in [9.17, 15) is 13.2 Å². The van der Waals surface area contributed by atoms with Crippen molar-refractivity contribution < 1.29 is 18.3 Å². The summed E-state index contributed by atoms with van der Waals surface area (Å²) >= 11 is 0.965. The van der Waals surface area contributed by atoms with Gasteiger partial charge in [-0.05, 0) is 26.8 Å². The van der Waals surface area contributed by atoms with E-state index < -0.39 is 16.0 Å². The molecule has 1 aromatic rings. The van der Waals surface area contributed by atoms with Crippen LogP contribution in [0.5, 0.6) is 0 Å². The predicted octanol–water partition coefficient (Wildman–Crippen LogP) is 2.34. The van der Waals surface area contributed by atoms with Gasteiger partial charge in [0.25, 0.3) is 0 Å². The Bertz CT molecular complexity index is 587. The molecule has 5 nitrogen and oxygen atoms in total. The molecule has 1 N–H and O–H groups in total. The van der Waals surface area contributed by atoms with E-state index in [0.717, 1.165) is 11.3 Å². The Morgan fingerprint density at radius 1 is 1.58 bits per heavy atom. The fourth-order valence-electron chi connectivity index (χ4n) is 1.67. The molecule has 0 fully saturated rings. The van der Waals surface area contributed by atoms with E-state index in [-0.39, 0.29) is 22.4 Å². The molecule has 0 aliphatic rings. The molecule has 0 atom stereocenters. The maximum Gasteiger partial charge on any atom is 0.345 e. The molecule has 7 heteroatoms. The Morgan fingerprint density at radius 3 is 2.53 bits per heavy atom. The summed E-state index contributed by atoms with van der Waals surface area (Å²) in [4.78, 5) is 11.5. The standard InChI is InChI=1S/C12H17NO4S2/c1-5-6-13(8(2)3)19(16,17)11-7-10(12(14)15)18-9(11)4/h5,7-8H,1,6H2,2-4H3,(H,14,15). The van der Waals surface area contributed by atoms with Crippen LogP contribution in [0, 0.1) is 6.92 Å². The van der Waals surface area contributed by atoms with Gasteiger partial charge in [0, 0.05) is 17.5 Å². The lowest BCUT2D eigenvalue weighted by molar-refractivity contribution is 0.0702. The molecule has 0 spiro atoms. The van der Waals surface area contributed by atoms with Crippen molar-refractivity contribution in [3.63, 3.8) is 0 Å². The third-order valence-corrected chi connectivity index (χ3v) is 5.89. The van der Waals surface area contributed by atoms with Gasteiger partial charge in [0.15, 0.2) is 0 Å². The smallest absolute Gasteiger partial charge is 0.345 e. The van der Waals surface area contributed by atoms with Crippen molar-refractivity contribution >= 4 is 27.3 Å². The second kappa shape index (κ2) is 5.85. The van der Waals surface area contributed by atoms with E-state index in [1.807, 2.05) is 0 Å². The normalized spacial score (nSPS) is 12.1. The van der Waals surface area contributed by atoms with Crippen molar-refractivity contribution in [2.75, 3.05) is 6.54 Å². The van der Waals surface area contributed by atoms with Crippen LogP contribution in [0.15, 0.2) is 23.6 Å². The molecule has 0 aliphatic heterocycles. The maximum absolute atomic E-state index is 12.5. The molecule has 1 aromatic heterocycles. The van der Waals surface area contributed by atoms with Gasteiger partial charge in [-0.2, -0.15) is 4.31 Å². The molecule has 1 rings (SSSR count). The summed E-state index contributed by atoms with van der Waals surface area (Å²) in [6, 6.07) is 0.992. The highest BCUT2D eigenvalue weighted by Gasteiger charge is 2.29. The van der Waals surface area contributed by atoms with Crippen molar-refractivity contribution in [1.82, 2.24) is 4.31 Å². The number of carbonyl (C=O) groups is 1. The Balaban J connectivity index is 3.33. The lowest BCUT2D eigenvalue weighted by Crippen LogP contribution is -2.37. The minimum atomic E-state index is -3.70. The van der Waals surface area contributed by atoms with E-state index in [1.54, 1.807) is 20.8 Å². The monoisotopic (exact) mass is 303 g/mol. The summed E-state index contributed by atoms with van der Waals surface area (Å²) in [5.41, 5.74) is 0. The second-order valence-electron chi connectivity index (χ2n) is 4.29. The van der Waals surface area contributed by atoms with Gasteiger partial charge in [-0.3, -0.25) is 0 Å². The SMILES string of the molecule is C=CCN(C(C)C)S(=O)(=O)c1cc(C(=O)O)sc1C. The van der Waals surface area contributed by atoms with Crippen LogP contribution in [0.3, 0.4) is 0 Å². The van der Waals surface area contributed by atoms with Gasteiger partial charge in [-0.1, -0.05) is 6.08 Å². The lowest BCUT2D eigenvalue weighted by Gasteiger charge is -2.24. The third kappa shape index (κ3) is 3.23. The van der Waals surface area contributed by atoms with Crippen molar-refractivity contribution in [3.05, 3.63) is 28.5 Å². The number of carboxylic acid groups (broad SMARTS) is 1. The number of sulfonamides is 1. The average Bonchev–Trinajstić information content (AvgIpc) is 2.68. The Kier molecular flexibility index (Phi) is 4.89. The lowest BCUT2D eigenvalue weighted by atomic mass is 10.4. The van der Waals surface area contributed by atoms with Gasteiger partial charge in [0.1, 0.15) is 4.88 Å². The summed E-state index contributed by atoms with van der Waals surface area (Å²) < 4.78 is 26.3. The van der Waals surface area contributed by atoms with Crippen molar-refractivity contribution in [2.24, 2.45) is 0 Å². The molecule has 0 unspecified atom stereocenters. The molecular formula is C12H17NO4S2. The number of aromatic carboxylic acids is 1. The van der Waals surface area contributed by atoms with E-state index in [2.05, 4.69) is 6.58 Å². The summed E-state index contributed by atoms with van der Waals surface area (Å²) in [5, 5.41) is 8.93. The first kappa shape index (κ1) is 15.9. The topological polar surface area (TPSA) is 74.7 Å². The molecule has 0 amide bonds. The highest BCUT2D eigenvalue weighted by atomic mass is 32.2. The summed E-state index contributed by atoms with van der Waals surface area (Å²) in [5.74, 6) is -1.12. The predicted molar refractivity (Wildman–Crippen MR) is 75.2 cm³/mol. The van der Waals surface area contributed by atoms with Gasteiger partial charge in [0.2, 0.25) is 10.0 Å². The first-order valence-electron chi connectivity index (χ1n) is 5.68. The summed E-state index contributed by atoms with van der Waals surface area (Å²) in [6.07, 6.45) is 1.51. The third-order valence-electron chi connectivity index (χ3n) is 2.55. The van der Waals surface area contributed by atoms with Gasteiger partial charge < -0.3 is 5.11 Å². The quantitative estimate of drug-likeness (QED) is 0.819. The molecular weight excluding hydrogens is 286 g/mol. The second-order valence-corrected chi connectivity index (χ2v) is 7.41. The average molecular weight is 303 g/mol. The van der Waals surface area contributed by atoms with Crippen LogP contribution in [0.4, 0.5) is 0 Å². The molecule has 0 bridgehead atoms. The van der Waals surface area contributed by atoms with Crippen LogP contribution in [0.1, 0.15) is 28.4 Å². The first-order valence-corrected chi connectivity index (χ1v) is 7.94. The van der Waals surface area contributed by atoms with Crippen molar-refractivity contribution in [1.29, 1.82) is 0 Å². The molecule has 0 radical (unpaired) electrons. The molecule has 1 heterocycles. The fourth-order valence-corrected chi connectivity index (χ4v) is 4.68. The van der Waals surface area contributed by atoms with E-state index in [0.29, 0.717) is 4.88 Å². The van der Waals surface area contributed by atoms with Crippen molar-refractivity contribution in [3.8, 4) is 0 Å². The van der Waals surface area contributed by atoms with Crippen LogP contribution in [0.2, 0.25) is 0 Å². The highest BCUT2D eigenvalue weighted by molar-refractivity contribution is 7.89. The van der Waals surface area contributed by atoms with Gasteiger partial charge in [0.05, 0.1) is 4.90 Å². The number of thiophene rings is 1. The molecule has 0 aromatic carbocycles. The summed E-state index contributed by atoms with van der Waals surface area (Å²) in [6.45, 7) is 8.88. The highest BCUT2D eigenvalue weighted by Crippen LogP contribution is 2.29. The Hall–Kier alpha value is -1.18. The van der Waals surface area contributed by atoms with Crippen LogP contribution in [-0.4, -0.2) is 36.4 Å². The fraction of sp³-hybridized carbons (Fsp3) is 0.417. The van der Waals surface area contributed by atoms with Crippen LogP contribution in [0.25, 0.3) is 0 Å².